The van der Waals surface area contributed by atoms with Gasteiger partial charge in [0.25, 0.3) is 0 Å². The maximum Gasteiger partial charge on any atom is 0.162 e. The molecule has 0 aromatic carbocycles. The highest BCUT2D eigenvalue weighted by Crippen LogP contribution is 2.26. The Bertz CT molecular complexity index is 421. The van der Waals surface area contributed by atoms with E-state index in [0.717, 1.165) is 10.6 Å². The first kappa shape index (κ1) is 9.11. The van der Waals surface area contributed by atoms with Gasteiger partial charge >= 0.3 is 0 Å². The quantitative estimate of drug-likeness (QED) is 0.581. The van der Waals surface area contributed by atoms with Crippen molar-refractivity contribution in [2.75, 3.05) is 5.43 Å². The van der Waals surface area contributed by atoms with Crippen molar-refractivity contribution >= 4 is 17.2 Å². The van der Waals surface area contributed by atoms with Gasteiger partial charge in [-0.3, -0.25) is 0 Å². The van der Waals surface area contributed by atoms with E-state index in [0.29, 0.717) is 5.82 Å². The van der Waals surface area contributed by atoms with Gasteiger partial charge in [0.2, 0.25) is 0 Å². The minimum Gasteiger partial charge on any atom is -0.307 e. The normalized spacial score (nSPS) is 10.1. The maximum absolute atomic E-state index is 5.20. The molecule has 0 saturated heterocycles. The number of nitrogens with two attached hydrogens (primary N) is 1. The molecule has 14 heavy (non-hydrogen) atoms. The number of aromatic nitrogens is 2. The Hall–Kier alpha value is -1.46. The SMILES string of the molecule is Cc1ccsc1-c1ccc(NN)nn1. The van der Waals surface area contributed by atoms with Gasteiger partial charge in [0, 0.05) is 0 Å². The molecule has 3 N–H and O–H groups in total. The highest BCUT2D eigenvalue weighted by molar-refractivity contribution is 7.13. The van der Waals surface area contributed by atoms with Crippen LogP contribution in [0, 0.1) is 6.92 Å². The van der Waals surface area contributed by atoms with E-state index in [1.165, 1.54) is 5.56 Å². The van der Waals surface area contributed by atoms with Crippen molar-refractivity contribution in [1.82, 2.24) is 10.2 Å². The van der Waals surface area contributed by atoms with E-state index in [4.69, 9.17) is 5.84 Å². The summed E-state index contributed by atoms with van der Waals surface area (Å²) in [6.45, 7) is 2.06. The number of rotatable bonds is 2. The van der Waals surface area contributed by atoms with Gasteiger partial charge in [-0.1, -0.05) is 0 Å². The second kappa shape index (κ2) is 3.73. The lowest BCUT2D eigenvalue weighted by atomic mass is 10.2. The van der Waals surface area contributed by atoms with Crippen molar-refractivity contribution in [2.45, 2.75) is 6.92 Å². The Morgan fingerprint density at radius 3 is 2.64 bits per heavy atom. The summed E-state index contributed by atoms with van der Waals surface area (Å²) in [4.78, 5) is 1.15. The second-order valence-electron chi connectivity index (χ2n) is 2.88. The topological polar surface area (TPSA) is 63.8 Å². The molecule has 0 aliphatic carbocycles. The van der Waals surface area contributed by atoms with E-state index in [1.54, 1.807) is 11.3 Å². The van der Waals surface area contributed by atoms with Crippen LogP contribution in [0.5, 0.6) is 0 Å². The van der Waals surface area contributed by atoms with E-state index in [2.05, 4.69) is 28.6 Å². The highest BCUT2D eigenvalue weighted by Gasteiger charge is 2.04. The average Bonchev–Trinajstić information content (AvgIpc) is 2.65. The molecule has 2 heterocycles. The molecular formula is C9H10N4S. The minimum absolute atomic E-state index is 0.572. The molecule has 4 nitrogen and oxygen atoms in total. The molecule has 0 bridgehead atoms. The molecule has 0 fully saturated rings. The first-order valence-corrected chi connectivity index (χ1v) is 5.04. The third-order valence-corrected chi connectivity index (χ3v) is 2.95. The standard InChI is InChI=1S/C9H10N4S/c1-6-4-5-14-9(6)7-2-3-8(11-10)13-12-7/h2-5H,10H2,1H3,(H,11,13). The molecule has 0 aliphatic rings. The zero-order valence-electron chi connectivity index (χ0n) is 7.69. The highest BCUT2D eigenvalue weighted by atomic mass is 32.1. The van der Waals surface area contributed by atoms with Crippen LogP contribution in [0.4, 0.5) is 5.82 Å². The van der Waals surface area contributed by atoms with Gasteiger partial charge in [0.05, 0.1) is 4.88 Å². The van der Waals surface area contributed by atoms with Crippen molar-refractivity contribution in [3.63, 3.8) is 0 Å². The third kappa shape index (κ3) is 1.59. The zero-order chi connectivity index (χ0) is 9.97. The van der Waals surface area contributed by atoms with Gasteiger partial charge in [-0.25, -0.2) is 5.84 Å². The number of anilines is 1. The lowest BCUT2D eigenvalue weighted by Gasteiger charge is -1.99. The van der Waals surface area contributed by atoms with Crippen LogP contribution >= 0.6 is 11.3 Å². The summed E-state index contributed by atoms with van der Waals surface area (Å²) < 4.78 is 0. The van der Waals surface area contributed by atoms with E-state index in [1.807, 2.05) is 17.5 Å². The fourth-order valence-corrected chi connectivity index (χ4v) is 2.06. The average molecular weight is 206 g/mol. The molecule has 0 aliphatic heterocycles. The van der Waals surface area contributed by atoms with Gasteiger partial charge in [0.1, 0.15) is 5.69 Å². The Morgan fingerprint density at radius 2 is 2.14 bits per heavy atom. The Labute approximate surface area is 85.8 Å². The Balaban J connectivity index is 2.39. The van der Waals surface area contributed by atoms with Crippen LogP contribution in [0.1, 0.15) is 5.56 Å². The van der Waals surface area contributed by atoms with Crippen molar-refractivity contribution in [2.24, 2.45) is 5.84 Å². The Kier molecular flexibility index (Phi) is 2.43. The number of nitrogens with one attached hydrogen (secondary N) is 1. The zero-order valence-corrected chi connectivity index (χ0v) is 8.51. The van der Waals surface area contributed by atoms with Gasteiger partial charge in [-0.2, -0.15) is 0 Å². The summed E-state index contributed by atoms with van der Waals surface area (Å²) in [6, 6.07) is 5.78. The predicted molar refractivity (Wildman–Crippen MR) is 57.9 cm³/mol. The van der Waals surface area contributed by atoms with Crippen LogP contribution in [0.25, 0.3) is 10.6 Å². The summed E-state index contributed by atoms with van der Waals surface area (Å²) in [7, 11) is 0. The molecule has 0 unspecified atom stereocenters. The smallest absolute Gasteiger partial charge is 0.162 e. The lowest BCUT2D eigenvalue weighted by molar-refractivity contribution is 1.03. The van der Waals surface area contributed by atoms with Crippen LogP contribution < -0.4 is 11.3 Å². The fraction of sp³-hybridized carbons (Fsp3) is 0.111. The fourth-order valence-electron chi connectivity index (χ4n) is 1.17. The first-order valence-electron chi connectivity index (χ1n) is 4.16. The van der Waals surface area contributed by atoms with E-state index < -0.39 is 0 Å². The molecule has 0 spiro atoms. The molecule has 0 amide bonds. The van der Waals surface area contributed by atoms with Crippen molar-refractivity contribution in [3.05, 3.63) is 29.1 Å². The second-order valence-corrected chi connectivity index (χ2v) is 3.80. The predicted octanol–water partition coefficient (Wildman–Crippen LogP) is 1.80. The number of nitrogen functional groups attached to an aromatic ring is 1. The minimum atomic E-state index is 0.572. The maximum atomic E-state index is 5.20. The van der Waals surface area contributed by atoms with Crippen LogP contribution in [-0.4, -0.2) is 10.2 Å². The molecule has 2 aromatic heterocycles. The van der Waals surface area contributed by atoms with Crippen LogP contribution in [0.15, 0.2) is 23.6 Å². The first-order chi connectivity index (χ1) is 6.81. The number of aryl methyl sites for hydroxylation is 1. The largest absolute Gasteiger partial charge is 0.307 e. The number of nitrogens with zero attached hydrogens (tertiary/aromatic N) is 2. The van der Waals surface area contributed by atoms with Crippen molar-refractivity contribution < 1.29 is 0 Å². The summed E-state index contributed by atoms with van der Waals surface area (Å²) in [5.74, 6) is 5.77. The molecule has 2 rings (SSSR count). The summed E-state index contributed by atoms with van der Waals surface area (Å²) in [5, 5.41) is 10.0. The molecule has 72 valence electrons. The van der Waals surface area contributed by atoms with Crippen LogP contribution in [-0.2, 0) is 0 Å². The molecule has 0 saturated carbocycles. The van der Waals surface area contributed by atoms with Gasteiger partial charge < -0.3 is 5.43 Å². The van der Waals surface area contributed by atoms with Crippen molar-refractivity contribution in [1.29, 1.82) is 0 Å². The van der Waals surface area contributed by atoms with Gasteiger partial charge in [-0.05, 0) is 36.1 Å². The summed E-state index contributed by atoms with van der Waals surface area (Å²) in [6.07, 6.45) is 0. The number of hydrogen-bond acceptors (Lipinski definition) is 5. The van der Waals surface area contributed by atoms with E-state index in [9.17, 15) is 0 Å². The van der Waals surface area contributed by atoms with Gasteiger partial charge in [-0.15, -0.1) is 21.5 Å². The van der Waals surface area contributed by atoms with Crippen LogP contribution in [0.3, 0.4) is 0 Å². The molecular weight excluding hydrogens is 196 g/mol. The summed E-state index contributed by atoms with van der Waals surface area (Å²) in [5.41, 5.74) is 4.55. The third-order valence-electron chi connectivity index (χ3n) is 1.91. The molecule has 2 aromatic rings. The number of thiophene rings is 1. The van der Waals surface area contributed by atoms with Crippen molar-refractivity contribution in [3.8, 4) is 10.6 Å². The van der Waals surface area contributed by atoms with Gasteiger partial charge in [0.15, 0.2) is 5.82 Å². The lowest BCUT2D eigenvalue weighted by Crippen LogP contribution is -2.08. The summed E-state index contributed by atoms with van der Waals surface area (Å²) >= 11 is 1.66. The Morgan fingerprint density at radius 1 is 1.29 bits per heavy atom. The monoisotopic (exact) mass is 206 g/mol. The molecule has 5 heteroatoms. The van der Waals surface area contributed by atoms with E-state index in [-0.39, 0.29) is 0 Å². The van der Waals surface area contributed by atoms with Crippen LogP contribution in [0.2, 0.25) is 0 Å². The van der Waals surface area contributed by atoms with E-state index >= 15 is 0 Å². The molecule has 0 radical (unpaired) electrons. The number of hydrazine groups is 1. The number of hydrogen-bond donors (Lipinski definition) is 2. The molecule has 0 atom stereocenters.